The van der Waals surface area contributed by atoms with E-state index < -0.39 is 11.3 Å². The number of likely N-dealkylation sites (tertiary alicyclic amines) is 1. The third-order valence-corrected chi connectivity index (χ3v) is 3.97. The quantitative estimate of drug-likeness (QED) is 0.633. The molecule has 14 heavy (non-hydrogen) atoms. The molecule has 1 nitrogen and oxygen atoms in total. The molecule has 2 fully saturated rings. The van der Waals surface area contributed by atoms with Gasteiger partial charge in [-0.15, -0.1) is 0 Å². The molecule has 0 radical (unpaired) electrons. The van der Waals surface area contributed by atoms with Crippen LogP contribution in [0.4, 0.5) is 8.78 Å². The molecule has 1 saturated carbocycles. The second-order valence-corrected chi connectivity index (χ2v) is 5.19. The first-order valence-corrected chi connectivity index (χ1v) is 5.59. The summed E-state index contributed by atoms with van der Waals surface area (Å²) in [6, 6.07) is 0.251. The number of alkyl halides is 2. The molecule has 1 spiro atoms. The number of hydrogen-bond acceptors (Lipinski definition) is 1. The Labute approximate surface area is 84.5 Å². The first-order chi connectivity index (χ1) is 6.47. The third kappa shape index (κ3) is 1.37. The second-order valence-electron chi connectivity index (χ2n) is 5.19. The predicted octanol–water partition coefficient (Wildman–Crippen LogP) is 2.91. The molecular weight excluding hydrogens is 184 g/mol. The van der Waals surface area contributed by atoms with E-state index in [9.17, 15) is 8.78 Å². The molecule has 2 rings (SSSR count). The molecule has 0 N–H and O–H groups in total. The maximum Gasteiger partial charge on any atom is 0.267 e. The summed E-state index contributed by atoms with van der Waals surface area (Å²) in [5, 5.41) is 0. The lowest BCUT2D eigenvalue weighted by Gasteiger charge is -2.29. The molecule has 1 saturated heterocycles. The minimum absolute atomic E-state index is 0.0231. The van der Waals surface area contributed by atoms with Crippen LogP contribution in [0.25, 0.3) is 0 Å². The summed E-state index contributed by atoms with van der Waals surface area (Å²) >= 11 is 0. The van der Waals surface area contributed by atoms with Crippen molar-refractivity contribution < 1.29 is 8.78 Å². The zero-order valence-electron chi connectivity index (χ0n) is 9.02. The molecule has 0 bridgehead atoms. The number of nitrogens with zero attached hydrogens (tertiary/aromatic N) is 1. The van der Waals surface area contributed by atoms with Gasteiger partial charge in [0.25, 0.3) is 5.92 Å². The van der Waals surface area contributed by atoms with Crippen molar-refractivity contribution in [1.82, 2.24) is 4.90 Å². The molecule has 2 aliphatic rings. The van der Waals surface area contributed by atoms with E-state index in [4.69, 9.17) is 0 Å². The van der Waals surface area contributed by atoms with E-state index >= 15 is 0 Å². The smallest absolute Gasteiger partial charge is 0.267 e. The summed E-state index contributed by atoms with van der Waals surface area (Å²) in [6.07, 6.45) is 3.43. The molecule has 0 aromatic carbocycles. The third-order valence-electron chi connectivity index (χ3n) is 3.97. The predicted molar refractivity (Wildman–Crippen MR) is 52.6 cm³/mol. The lowest BCUT2D eigenvalue weighted by molar-refractivity contribution is -0.0815. The molecule has 1 aliphatic heterocycles. The minimum atomic E-state index is -2.45. The van der Waals surface area contributed by atoms with Crippen molar-refractivity contribution in [1.29, 1.82) is 0 Å². The molecule has 0 aromatic heterocycles. The summed E-state index contributed by atoms with van der Waals surface area (Å²) in [5.74, 6) is -2.45. The Kier molecular flexibility index (Phi) is 2.33. The molecule has 0 amide bonds. The highest BCUT2D eigenvalue weighted by molar-refractivity contribution is 5.05. The van der Waals surface area contributed by atoms with Crippen molar-refractivity contribution in [3.05, 3.63) is 0 Å². The van der Waals surface area contributed by atoms with Crippen LogP contribution in [0.5, 0.6) is 0 Å². The zero-order chi connectivity index (χ0) is 10.4. The molecule has 82 valence electrons. The highest BCUT2D eigenvalue weighted by atomic mass is 19.3. The molecule has 3 heteroatoms. The van der Waals surface area contributed by atoms with E-state index in [2.05, 4.69) is 0 Å². The Bertz CT molecular complexity index is 219. The lowest BCUT2D eigenvalue weighted by Crippen LogP contribution is -2.37. The van der Waals surface area contributed by atoms with Crippen LogP contribution in [0.3, 0.4) is 0 Å². The van der Waals surface area contributed by atoms with Gasteiger partial charge in [0.15, 0.2) is 0 Å². The van der Waals surface area contributed by atoms with Crippen LogP contribution in [-0.2, 0) is 0 Å². The van der Waals surface area contributed by atoms with Crippen LogP contribution >= 0.6 is 0 Å². The van der Waals surface area contributed by atoms with E-state index in [1.807, 2.05) is 18.7 Å². The van der Waals surface area contributed by atoms with Gasteiger partial charge in [0.05, 0.1) is 6.54 Å². The SMILES string of the molecule is CC(C)N1CC(F)(F)C2(CCCC2)C1. The fraction of sp³-hybridized carbons (Fsp3) is 1.00. The van der Waals surface area contributed by atoms with Crippen LogP contribution in [-0.4, -0.2) is 30.0 Å². The van der Waals surface area contributed by atoms with E-state index in [0.29, 0.717) is 6.54 Å². The van der Waals surface area contributed by atoms with E-state index in [1.54, 1.807) is 0 Å². The molecule has 0 aromatic rings. The van der Waals surface area contributed by atoms with Crippen molar-refractivity contribution >= 4 is 0 Å². The van der Waals surface area contributed by atoms with Crippen LogP contribution in [0, 0.1) is 5.41 Å². The van der Waals surface area contributed by atoms with Crippen LogP contribution in [0.2, 0.25) is 0 Å². The average molecular weight is 203 g/mol. The molecule has 1 heterocycles. The monoisotopic (exact) mass is 203 g/mol. The maximum absolute atomic E-state index is 13.9. The zero-order valence-corrected chi connectivity index (χ0v) is 9.02. The van der Waals surface area contributed by atoms with Gasteiger partial charge in [-0.3, -0.25) is 4.90 Å². The Balaban J connectivity index is 2.18. The Morgan fingerprint density at radius 1 is 1.07 bits per heavy atom. The van der Waals surface area contributed by atoms with Gasteiger partial charge in [0, 0.05) is 18.0 Å². The van der Waals surface area contributed by atoms with Gasteiger partial charge in [0.2, 0.25) is 0 Å². The first kappa shape index (κ1) is 10.3. The van der Waals surface area contributed by atoms with Gasteiger partial charge in [-0.1, -0.05) is 12.8 Å². The highest BCUT2D eigenvalue weighted by Crippen LogP contribution is 2.54. The molecule has 0 unspecified atom stereocenters. The molecule has 1 aliphatic carbocycles. The standard InChI is InChI=1S/C11H19F2N/c1-9(2)14-7-10(5-3-4-6-10)11(12,13)8-14/h9H,3-8H2,1-2H3. The van der Waals surface area contributed by atoms with Crippen molar-refractivity contribution in [2.75, 3.05) is 13.1 Å². The summed E-state index contributed by atoms with van der Waals surface area (Å²) in [5.41, 5.74) is -0.669. The second kappa shape index (κ2) is 3.16. The normalized spacial score (nSPS) is 30.6. The molecular formula is C11H19F2N. The summed E-state index contributed by atoms with van der Waals surface area (Å²) in [4.78, 5) is 1.94. The van der Waals surface area contributed by atoms with Crippen molar-refractivity contribution in [3.63, 3.8) is 0 Å². The lowest BCUT2D eigenvalue weighted by atomic mass is 9.82. The van der Waals surface area contributed by atoms with Gasteiger partial charge in [-0.2, -0.15) is 0 Å². The summed E-state index contributed by atoms with van der Waals surface area (Å²) in [7, 11) is 0. The van der Waals surface area contributed by atoms with Gasteiger partial charge < -0.3 is 0 Å². The van der Waals surface area contributed by atoms with Gasteiger partial charge >= 0.3 is 0 Å². The van der Waals surface area contributed by atoms with Crippen molar-refractivity contribution in [2.45, 2.75) is 51.5 Å². The molecule has 0 atom stereocenters. The topological polar surface area (TPSA) is 3.24 Å². The number of rotatable bonds is 1. The maximum atomic E-state index is 13.9. The van der Waals surface area contributed by atoms with Crippen molar-refractivity contribution in [3.8, 4) is 0 Å². The fourth-order valence-corrected chi connectivity index (χ4v) is 2.92. The first-order valence-electron chi connectivity index (χ1n) is 5.59. The average Bonchev–Trinajstić information content (AvgIpc) is 2.60. The Morgan fingerprint density at radius 3 is 2.07 bits per heavy atom. The van der Waals surface area contributed by atoms with E-state index in [1.165, 1.54) is 0 Å². The number of halogens is 2. The van der Waals surface area contributed by atoms with Gasteiger partial charge in [0.1, 0.15) is 0 Å². The Morgan fingerprint density at radius 2 is 1.64 bits per heavy atom. The van der Waals surface area contributed by atoms with Gasteiger partial charge in [-0.25, -0.2) is 8.78 Å². The van der Waals surface area contributed by atoms with E-state index in [0.717, 1.165) is 25.7 Å². The van der Waals surface area contributed by atoms with Crippen LogP contribution in [0.1, 0.15) is 39.5 Å². The Hall–Kier alpha value is -0.180. The van der Waals surface area contributed by atoms with E-state index in [-0.39, 0.29) is 12.6 Å². The van der Waals surface area contributed by atoms with Crippen LogP contribution < -0.4 is 0 Å². The van der Waals surface area contributed by atoms with Crippen LogP contribution in [0.15, 0.2) is 0 Å². The van der Waals surface area contributed by atoms with Crippen molar-refractivity contribution in [2.24, 2.45) is 5.41 Å². The summed E-state index contributed by atoms with van der Waals surface area (Å²) < 4.78 is 27.7. The minimum Gasteiger partial charge on any atom is -0.294 e. The largest absolute Gasteiger partial charge is 0.294 e. The summed E-state index contributed by atoms with van der Waals surface area (Å²) in [6.45, 7) is 4.59. The fourth-order valence-electron chi connectivity index (χ4n) is 2.92. The van der Waals surface area contributed by atoms with Gasteiger partial charge in [-0.05, 0) is 26.7 Å². The number of hydrogen-bond donors (Lipinski definition) is 0. The highest BCUT2D eigenvalue weighted by Gasteiger charge is 2.60.